The lowest BCUT2D eigenvalue weighted by molar-refractivity contribution is 0.0604. The smallest absolute Gasteiger partial charge is 0.0502 e. The van der Waals surface area contributed by atoms with E-state index in [1.165, 1.54) is 31.2 Å². The second-order valence-electron chi connectivity index (χ2n) is 5.33. The largest absolute Gasteiger partial charge is 0.381 e. The van der Waals surface area contributed by atoms with Crippen LogP contribution in [-0.4, -0.2) is 13.2 Å². The fourth-order valence-electron chi connectivity index (χ4n) is 2.71. The Morgan fingerprint density at radius 2 is 2.16 bits per heavy atom. The third kappa shape index (κ3) is 4.83. The van der Waals surface area contributed by atoms with Gasteiger partial charge in [0.15, 0.2) is 0 Å². The second-order valence-corrected chi connectivity index (χ2v) is 5.33. The van der Waals surface area contributed by atoms with Crippen molar-refractivity contribution in [2.45, 2.75) is 39.0 Å². The van der Waals surface area contributed by atoms with Crippen LogP contribution >= 0.6 is 0 Å². The van der Waals surface area contributed by atoms with E-state index in [4.69, 9.17) is 4.74 Å². The maximum absolute atomic E-state index is 5.62. The zero-order valence-corrected chi connectivity index (χ0v) is 12.0. The van der Waals surface area contributed by atoms with Gasteiger partial charge in [-0.15, -0.1) is 0 Å². The van der Waals surface area contributed by atoms with Gasteiger partial charge in [-0.25, -0.2) is 0 Å². The quantitative estimate of drug-likeness (QED) is 0.724. The zero-order valence-electron chi connectivity index (χ0n) is 12.0. The van der Waals surface area contributed by atoms with E-state index in [2.05, 4.69) is 49.4 Å². The average molecular weight is 257 g/mol. The first kappa shape index (κ1) is 14.3. The molecule has 1 nitrogen and oxygen atoms in total. The molecule has 0 amide bonds. The molecule has 0 N–H and O–H groups in total. The van der Waals surface area contributed by atoms with Crippen LogP contribution in [0.5, 0.6) is 0 Å². The number of rotatable bonds is 6. The number of benzene rings is 1. The minimum absolute atomic E-state index is 0.653. The lowest BCUT2D eigenvalue weighted by atomic mass is 9.84. The van der Waals surface area contributed by atoms with Gasteiger partial charge in [-0.1, -0.05) is 55.8 Å². The van der Waals surface area contributed by atoms with Gasteiger partial charge in [0.25, 0.3) is 0 Å². The van der Waals surface area contributed by atoms with Gasteiger partial charge in [0.05, 0.1) is 6.61 Å². The molecule has 0 aliphatic carbocycles. The summed E-state index contributed by atoms with van der Waals surface area (Å²) in [6, 6.07) is 10.7. The molecular weight excluding hydrogens is 232 g/mol. The summed E-state index contributed by atoms with van der Waals surface area (Å²) < 4.78 is 5.62. The van der Waals surface area contributed by atoms with E-state index < -0.39 is 0 Å². The van der Waals surface area contributed by atoms with Crippen molar-refractivity contribution in [2.24, 2.45) is 5.92 Å². The molecule has 1 aliphatic heterocycles. The van der Waals surface area contributed by atoms with Crippen LogP contribution in [0.25, 0.3) is 0 Å². The molecule has 1 fully saturated rings. The van der Waals surface area contributed by atoms with Crippen molar-refractivity contribution in [3.63, 3.8) is 0 Å². The molecule has 0 aromatic heterocycles. The Balaban J connectivity index is 1.88. The van der Waals surface area contributed by atoms with Crippen LogP contribution in [0, 0.1) is 11.8 Å². The van der Waals surface area contributed by atoms with Crippen LogP contribution in [0.15, 0.2) is 42.5 Å². The summed E-state index contributed by atoms with van der Waals surface area (Å²) in [6.45, 7) is 4.13. The Morgan fingerprint density at radius 3 is 2.84 bits per heavy atom. The SMILES string of the molecule is CCC[C](/C=C\Cc1ccccc1)C1CCCOC1. The Labute approximate surface area is 117 Å². The number of ether oxygens (including phenoxy) is 1. The van der Waals surface area contributed by atoms with Gasteiger partial charge in [-0.05, 0) is 37.2 Å². The molecule has 1 atom stereocenters. The Kier molecular flexibility index (Phi) is 6.16. The van der Waals surface area contributed by atoms with Gasteiger partial charge in [0, 0.05) is 12.5 Å². The van der Waals surface area contributed by atoms with Crippen molar-refractivity contribution in [1.82, 2.24) is 0 Å². The predicted molar refractivity (Wildman–Crippen MR) is 81.0 cm³/mol. The molecule has 1 aliphatic rings. The Bertz CT molecular complexity index is 363. The summed E-state index contributed by atoms with van der Waals surface area (Å²) in [5.41, 5.74) is 1.38. The molecule has 1 unspecified atom stereocenters. The van der Waals surface area contributed by atoms with Crippen molar-refractivity contribution < 1.29 is 4.74 Å². The van der Waals surface area contributed by atoms with Crippen molar-refractivity contribution >= 4 is 0 Å². The first-order valence-corrected chi connectivity index (χ1v) is 7.54. The second kappa shape index (κ2) is 8.16. The molecule has 1 radical (unpaired) electrons. The van der Waals surface area contributed by atoms with Gasteiger partial charge in [-0.3, -0.25) is 0 Å². The molecular formula is C18H25O. The monoisotopic (exact) mass is 257 g/mol. The lowest BCUT2D eigenvalue weighted by Crippen LogP contribution is -2.22. The normalized spacial score (nSPS) is 20.2. The molecule has 0 saturated carbocycles. The standard InChI is InChI=1S/C18H25O/c1-2-8-17(18-13-7-14-19-15-18)12-6-11-16-9-4-3-5-10-16/h3-6,9-10,12,18H,2,7-8,11,13-15H2,1H3/b12-6-. The summed E-state index contributed by atoms with van der Waals surface area (Å²) in [5.74, 6) is 2.24. The van der Waals surface area contributed by atoms with Crippen LogP contribution in [0.3, 0.4) is 0 Å². The molecule has 1 aromatic rings. The maximum atomic E-state index is 5.62. The summed E-state index contributed by atoms with van der Waals surface area (Å²) >= 11 is 0. The molecule has 1 saturated heterocycles. The van der Waals surface area contributed by atoms with Crippen molar-refractivity contribution in [2.75, 3.05) is 13.2 Å². The van der Waals surface area contributed by atoms with E-state index in [1.54, 1.807) is 5.92 Å². The average Bonchev–Trinajstić information content (AvgIpc) is 2.48. The van der Waals surface area contributed by atoms with Crippen molar-refractivity contribution in [3.8, 4) is 0 Å². The minimum Gasteiger partial charge on any atom is -0.381 e. The molecule has 1 heteroatoms. The van der Waals surface area contributed by atoms with Crippen LogP contribution in [0.1, 0.15) is 38.2 Å². The van der Waals surface area contributed by atoms with E-state index in [-0.39, 0.29) is 0 Å². The summed E-state index contributed by atoms with van der Waals surface area (Å²) in [6.07, 6.45) is 10.6. The Morgan fingerprint density at radius 1 is 1.32 bits per heavy atom. The minimum atomic E-state index is 0.653. The van der Waals surface area contributed by atoms with Gasteiger partial charge < -0.3 is 4.74 Å². The highest BCUT2D eigenvalue weighted by Gasteiger charge is 2.21. The first-order chi connectivity index (χ1) is 9.40. The van der Waals surface area contributed by atoms with Crippen LogP contribution in [-0.2, 0) is 11.2 Å². The molecule has 0 spiro atoms. The van der Waals surface area contributed by atoms with E-state index in [0.717, 1.165) is 19.6 Å². The van der Waals surface area contributed by atoms with Crippen molar-refractivity contribution in [1.29, 1.82) is 0 Å². The van der Waals surface area contributed by atoms with Crippen molar-refractivity contribution in [3.05, 3.63) is 54.0 Å². The summed E-state index contributed by atoms with van der Waals surface area (Å²) in [7, 11) is 0. The van der Waals surface area contributed by atoms with Gasteiger partial charge in [-0.2, -0.15) is 0 Å². The van der Waals surface area contributed by atoms with E-state index in [9.17, 15) is 0 Å². The highest BCUT2D eigenvalue weighted by molar-refractivity contribution is 5.21. The topological polar surface area (TPSA) is 9.23 Å². The highest BCUT2D eigenvalue weighted by atomic mass is 16.5. The van der Waals surface area contributed by atoms with E-state index >= 15 is 0 Å². The number of hydrogen-bond donors (Lipinski definition) is 0. The number of hydrogen-bond acceptors (Lipinski definition) is 1. The highest BCUT2D eigenvalue weighted by Crippen LogP contribution is 2.29. The van der Waals surface area contributed by atoms with Crippen LogP contribution in [0.4, 0.5) is 0 Å². The predicted octanol–water partition coefficient (Wildman–Crippen LogP) is 4.59. The maximum Gasteiger partial charge on any atom is 0.0502 e. The number of allylic oxidation sites excluding steroid dienone is 2. The zero-order chi connectivity index (χ0) is 13.3. The third-order valence-electron chi connectivity index (χ3n) is 3.75. The summed E-state index contributed by atoms with van der Waals surface area (Å²) in [4.78, 5) is 0. The molecule has 103 valence electrons. The lowest BCUT2D eigenvalue weighted by Gasteiger charge is -2.27. The summed E-state index contributed by atoms with van der Waals surface area (Å²) in [5, 5.41) is 0. The molecule has 19 heavy (non-hydrogen) atoms. The molecule has 2 rings (SSSR count). The van der Waals surface area contributed by atoms with Crippen LogP contribution in [0.2, 0.25) is 0 Å². The molecule has 1 heterocycles. The van der Waals surface area contributed by atoms with Gasteiger partial charge in [0.1, 0.15) is 0 Å². The molecule has 1 aromatic carbocycles. The molecule has 0 bridgehead atoms. The van der Waals surface area contributed by atoms with Crippen LogP contribution < -0.4 is 0 Å². The fraction of sp³-hybridized carbons (Fsp3) is 0.500. The van der Waals surface area contributed by atoms with E-state index in [1.807, 2.05) is 0 Å². The van der Waals surface area contributed by atoms with Gasteiger partial charge >= 0.3 is 0 Å². The first-order valence-electron chi connectivity index (χ1n) is 7.54. The third-order valence-corrected chi connectivity index (χ3v) is 3.75. The van der Waals surface area contributed by atoms with E-state index in [0.29, 0.717) is 5.92 Å². The fourth-order valence-corrected chi connectivity index (χ4v) is 2.71. The van der Waals surface area contributed by atoms with Gasteiger partial charge in [0.2, 0.25) is 0 Å². The Hall–Kier alpha value is -1.08.